The van der Waals surface area contributed by atoms with Crippen LogP contribution in [0.5, 0.6) is 0 Å². The molecule has 0 N–H and O–H groups in total. The van der Waals surface area contributed by atoms with Crippen molar-refractivity contribution in [3.8, 4) is 0 Å². The number of rotatable bonds is 7. The highest BCUT2D eigenvalue weighted by molar-refractivity contribution is 5.61. The molecule has 0 spiro atoms. The Labute approximate surface area is 108 Å². The van der Waals surface area contributed by atoms with Crippen molar-refractivity contribution < 1.29 is 28.5 Å². The Bertz CT molecular complexity index is 251. The largest absolute Gasteiger partial charge is 0.508 e. The van der Waals surface area contributed by atoms with E-state index < -0.39 is 18.4 Å². The van der Waals surface area contributed by atoms with E-state index in [1.807, 2.05) is 20.8 Å². The van der Waals surface area contributed by atoms with Crippen LogP contribution in [-0.4, -0.2) is 38.2 Å². The smallest absolute Gasteiger partial charge is 0.434 e. The van der Waals surface area contributed by atoms with Crippen molar-refractivity contribution in [3.63, 3.8) is 0 Å². The normalized spacial score (nSPS) is 11.8. The molecule has 1 unspecified atom stereocenters. The molecule has 0 rings (SSSR count). The first kappa shape index (κ1) is 16.5. The summed E-state index contributed by atoms with van der Waals surface area (Å²) in [6.07, 6.45) is -1.37. The van der Waals surface area contributed by atoms with Crippen molar-refractivity contribution in [1.82, 2.24) is 0 Å². The topological polar surface area (TPSA) is 71.1 Å². The number of hydrogen-bond acceptors (Lipinski definition) is 6. The first-order valence-corrected chi connectivity index (χ1v) is 6.08. The van der Waals surface area contributed by atoms with E-state index in [9.17, 15) is 9.59 Å². The first-order valence-electron chi connectivity index (χ1n) is 6.08. The summed E-state index contributed by atoms with van der Waals surface area (Å²) in [5, 5.41) is 0. The third-order valence-electron chi connectivity index (χ3n) is 1.69. The Morgan fingerprint density at radius 1 is 0.944 bits per heavy atom. The quantitative estimate of drug-likeness (QED) is 0.657. The van der Waals surface area contributed by atoms with Gasteiger partial charge in [0.15, 0.2) is 0 Å². The Hall–Kier alpha value is -1.46. The summed E-state index contributed by atoms with van der Waals surface area (Å²) < 4.78 is 19.1. The third kappa shape index (κ3) is 9.74. The van der Waals surface area contributed by atoms with Crippen LogP contribution >= 0.6 is 0 Å². The van der Waals surface area contributed by atoms with Gasteiger partial charge in [-0.3, -0.25) is 0 Å². The van der Waals surface area contributed by atoms with Crippen molar-refractivity contribution in [2.45, 2.75) is 40.2 Å². The predicted molar refractivity (Wildman–Crippen MR) is 64.3 cm³/mol. The second-order valence-electron chi connectivity index (χ2n) is 4.29. The van der Waals surface area contributed by atoms with Crippen LogP contribution in [0, 0.1) is 5.92 Å². The Morgan fingerprint density at radius 2 is 1.56 bits per heavy atom. The number of carbonyl (C=O) groups is 2. The SMILES string of the molecule is CCCOC(=O)OCC(C)OC(=O)OCC(C)C. The van der Waals surface area contributed by atoms with Gasteiger partial charge >= 0.3 is 12.3 Å². The van der Waals surface area contributed by atoms with Crippen molar-refractivity contribution in [1.29, 1.82) is 0 Å². The molecular weight excluding hydrogens is 240 g/mol. The average Bonchev–Trinajstić information content (AvgIpc) is 2.31. The second kappa shape index (κ2) is 9.56. The molecule has 0 aliphatic rings. The van der Waals surface area contributed by atoms with E-state index in [0.29, 0.717) is 13.2 Å². The van der Waals surface area contributed by atoms with Crippen LogP contribution in [0.3, 0.4) is 0 Å². The molecule has 0 aliphatic heterocycles. The molecule has 0 saturated carbocycles. The van der Waals surface area contributed by atoms with Crippen molar-refractivity contribution >= 4 is 12.3 Å². The average molecular weight is 262 g/mol. The molecule has 0 heterocycles. The minimum Gasteiger partial charge on any atom is -0.434 e. The molecule has 6 heteroatoms. The number of carbonyl (C=O) groups excluding carboxylic acids is 2. The second-order valence-corrected chi connectivity index (χ2v) is 4.29. The third-order valence-corrected chi connectivity index (χ3v) is 1.69. The summed E-state index contributed by atoms with van der Waals surface area (Å²) in [4.78, 5) is 22.1. The zero-order valence-electron chi connectivity index (χ0n) is 11.4. The highest BCUT2D eigenvalue weighted by Crippen LogP contribution is 2.00. The molecule has 18 heavy (non-hydrogen) atoms. The minimum absolute atomic E-state index is 0.0562. The van der Waals surface area contributed by atoms with Gasteiger partial charge in [-0.05, 0) is 19.3 Å². The van der Waals surface area contributed by atoms with Gasteiger partial charge in [0.05, 0.1) is 13.2 Å². The molecule has 0 aromatic heterocycles. The molecule has 0 fully saturated rings. The summed E-state index contributed by atoms with van der Waals surface area (Å²) >= 11 is 0. The summed E-state index contributed by atoms with van der Waals surface area (Å²) in [5.41, 5.74) is 0. The molecule has 0 saturated heterocycles. The summed E-state index contributed by atoms with van der Waals surface area (Å²) in [5.74, 6) is 0.244. The van der Waals surface area contributed by atoms with Crippen LogP contribution in [0.4, 0.5) is 9.59 Å². The van der Waals surface area contributed by atoms with Crippen molar-refractivity contribution in [2.75, 3.05) is 19.8 Å². The molecule has 0 bridgehead atoms. The predicted octanol–water partition coefficient (Wildman–Crippen LogP) is 2.75. The summed E-state index contributed by atoms with van der Waals surface area (Å²) in [6.45, 7) is 7.87. The van der Waals surface area contributed by atoms with Gasteiger partial charge in [0.1, 0.15) is 12.7 Å². The van der Waals surface area contributed by atoms with Gasteiger partial charge in [0, 0.05) is 0 Å². The standard InChI is InChI=1S/C12H22O6/c1-5-6-15-11(13)17-8-10(4)18-12(14)16-7-9(2)3/h9-10H,5-8H2,1-4H3. The molecule has 0 aromatic carbocycles. The van der Waals surface area contributed by atoms with Crippen LogP contribution in [0.1, 0.15) is 34.1 Å². The molecule has 0 aromatic rings. The molecular formula is C12H22O6. The van der Waals surface area contributed by atoms with Crippen molar-refractivity contribution in [2.24, 2.45) is 5.92 Å². The van der Waals surface area contributed by atoms with Crippen LogP contribution in [0.25, 0.3) is 0 Å². The van der Waals surface area contributed by atoms with E-state index in [-0.39, 0.29) is 12.5 Å². The molecule has 1 atom stereocenters. The zero-order chi connectivity index (χ0) is 14.0. The lowest BCUT2D eigenvalue weighted by molar-refractivity contribution is -0.0133. The number of ether oxygens (including phenoxy) is 4. The van der Waals surface area contributed by atoms with E-state index in [4.69, 9.17) is 18.9 Å². The van der Waals surface area contributed by atoms with E-state index >= 15 is 0 Å². The Balaban J connectivity index is 3.66. The fourth-order valence-electron chi connectivity index (χ4n) is 0.879. The van der Waals surface area contributed by atoms with Crippen LogP contribution in [0.15, 0.2) is 0 Å². The van der Waals surface area contributed by atoms with Crippen LogP contribution in [0.2, 0.25) is 0 Å². The van der Waals surface area contributed by atoms with Crippen LogP contribution < -0.4 is 0 Å². The van der Waals surface area contributed by atoms with Crippen LogP contribution in [-0.2, 0) is 18.9 Å². The lowest BCUT2D eigenvalue weighted by Gasteiger charge is -2.14. The molecule has 6 nitrogen and oxygen atoms in total. The summed E-state index contributed by atoms with van der Waals surface area (Å²) in [6, 6.07) is 0. The van der Waals surface area contributed by atoms with Gasteiger partial charge in [-0.25, -0.2) is 9.59 Å². The molecule has 0 aliphatic carbocycles. The van der Waals surface area contributed by atoms with Gasteiger partial charge in [-0.1, -0.05) is 20.8 Å². The zero-order valence-corrected chi connectivity index (χ0v) is 11.4. The number of hydrogen-bond donors (Lipinski definition) is 0. The fourth-order valence-corrected chi connectivity index (χ4v) is 0.879. The maximum atomic E-state index is 11.2. The highest BCUT2D eigenvalue weighted by atomic mass is 16.7. The summed E-state index contributed by atoms with van der Waals surface area (Å²) in [7, 11) is 0. The minimum atomic E-state index is -0.762. The Morgan fingerprint density at radius 3 is 2.11 bits per heavy atom. The van der Waals surface area contributed by atoms with E-state index in [1.54, 1.807) is 6.92 Å². The van der Waals surface area contributed by atoms with Gasteiger partial charge in [-0.15, -0.1) is 0 Å². The lowest BCUT2D eigenvalue weighted by Crippen LogP contribution is -2.24. The molecule has 106 valence electrons. The maximum Gasteiger partial charge on any atom is 0.508 e. The first-order chi connectivity index (χ1) is 8.45. The fraction of sp³-hybridized carbons (Fsp3) is 0.833. The highest BCUT2D eigenvalue weighted by Gasteiger charge is 2.14. The van der Waals surface area contributed by atoms with Gasteiger partial charge < -0.3 is 18.9 Å². The lowest BCUT2D eigenvalue weighted by atomic mass is 10.2. The maximum absolute atomic E-state index is 11.2. The molecule has 0 amide bonds. The monoisotopic (exact) mass is 262 g/mol. The van der Waals surface area contributed by atoms with Gasteiger partial charge in [-0.2, -0.15) is 0 Å². The molecule has 0 radical (unpaired) electrons. The van der Waals surface area contributed by atoms with Crippen molar-refractivity contribution in [3.05, 3.63) is 0 Å². The van der Waals surface area contributed by atoms with E-state index in [2.05, 4.69) is 0 Å². The van der Waals surface area contributed by atoms with Gasteiger partial charge in [0.2, 0.25) is 0 Å². The van der Waals surface area contributed by atoms with E-state index in [0.717, 1.165) is 6.42 Å². The van der Waals surface area contributed by atoms with Gasteiger partial charge in [0.25, 0.3) is 0 Å². The Kier molecular flexibility index (Phi) is 8.78. The van der Waals surface area contributed by atoms with E-state index in [1.165, 1.54) is 0 Å².